The first-order valence-electron chi connectivity index (χ1n) is 13.0. The highest BCUT2D eigenvalue weighted by atomic mass is 16.5. The summed E-state index contributed by atoms with van der Waals surface area (Å²) in [5.41, 5.74) is 1.58. The molecule has 0 fully saturated rings. The molecule has 7 nitrogen and oxygen atoms in total. The number of aldehydes is 1. The van der Waals surface area contributed by atoms with Gasteiger partial charge in [-0.05, 0) is 59.6 Å². The highest BCUT2D eigenvalue weighted by Crippen LogP contribution is 2.44. The molecule has 0 spiro atoms. The lowest BCUT2D eigenvalue weighted by molar-refractivity contribution is -0.138. The second kappa shape index (κ2) is 15.1. The summed E-state index contributed by atoms with van der Waals surface area (Å²) >= 11 is 0. The minimum absolute atomic E-state index is 0.104. The number of carbonyl (C=O) groups excluding carboxylic acids is 1. The molecule has 2 atom stereocenters. The molecule has 1 aliphatic rings. The molecule has 1 heterocycles. The summed E-state index contributed by atoms with van der Waals surface area (Å²) in [6.45, 7) is 5.88. The molecule has 0 aliphatic carbocycles. The average Bonchev–Trinajstić information content (AvgIpc) is 2.88. The Morgan fingerprint density at radius 1 is 1.18 bits per heavy atom. The molecular weight excluding hydrogens is 482 g/mol. The molecule has 0 amide bonds. The molecule has 38 heavy (non-hydrogen) atoms. The zero-order valence-electron chi connectivity index (χ0n) is 22.9. The molecule has 2 aromatic carbocycles. The predicted molar refractivity (Wildman–Crippen MR) is 150 cm³/mol. The normalized spacial score (nSPS) is 18.9. The van der Waals surface area contributed by atoms with Crippen LogP contribution in [0.2, 0.25) is 0 Å². The van der Waals surface area contributed by atoms with Crippen molar-refractivity contribution in [3.8, 4) is 11.5 Å². The van der Waals surface area contributed by atoms with Crippen LogP contribution in [0.15, 0.2) is 66.3 Å². The number of carboxylic acids is 1. The van der Waals surface area contributed by atoms with Gasteiger partial charge in [0.1, 0.15) is 17.1 Å². The third-order valence-corrected chi connectivity index (χ3v) is 6.64. The van der Waals surface area contributed by atoms with Gasteiger partial charge in [0.15, 0.2) is 6.29 Å². The van der Waals surface area contributed by atoms with E-state index < -0.39 is 17.7 Å². The van der Waals surface area contributed by atoms with Crippen LogP contribution in [-0.2, 0) is 17.8 Å². The molecule has 206 valence electrons. The number of hydrogen-bond acceptors (Lipinski definition) is 6. The first-order valence-corrected chi connectivity index (χ1v) is 13.0. The second-order valence-corrected chi connectivity index (χ2v) is 9.94. The number of hydrogen-bond donors (Lipinski definition) is 3. The van der Waals surface area contributed by atoms with Gasteiger partial charge in [0, 0.05) is 29.7 Å². The first kappa shape index (κ1) is 30.8. The molecule has 0 saturated heterocycles. The molecule has 3 rings (SSSR count). The highest BCUT2D eigenvalue weighted by molar-refractivity contribution is 5.81. The number of aromatic hydroxyl groups is 1. The van der Waals surface area contributed by atoms with Gasteiger partial charge in [-0.25, -0.2) is 0 Å². The van der Waals surface area contributed by atoms with E-state index in [-0.39, 0.29) is 30.8 Å². The molecule has 2 unspecified atom stereocenters. The third kappa shape index (κ3) is 9.15. The van der Waals surface area contributed by atoms with E-state index in [1.54, 1.807) is 11.9 Å². The van der Waals surface area contributed by atoms with Crippen LogP contribution in [0.3, 0.4) is 0 Å². The number of aliphatic hydroxyl groups is 1. The lowest BCUT2D eigenvalue weighted by Gasteiger charge is -2.41. The van der Waals surface area contributed by atoms with Gasteiger partial charge >= 0.3 is 5.97 Å². The van der Waals surface area contributed by atoms with E-state index in [0.29, 0.717) is 29.6 Å². The summed E-state index contributed by atoms with van der Waals surface area (Å²) in [5.74, 6) is -0.718. The predicted octanol–water partition coefficient (Wildman–Crippen LogP) is 5.55. The van der Waals surface area contributed by atoms with E-state index in [1.807, 2.05) is 56.3 Å². The number of nitrogens with zero attached hydrogens (tertiary/aromatic N) is 1. The molecule has 0 radical (unpaired) electrons. The number of carbonyl (C=O) groups is 2. The molecule has 1 aliphatic heterocycles. The smallest absolute Gasteiger partial charge is 0.317 e. The number of aliphatic hydroxyl groups excluding tert-OH is 1. The number of likely N-dealkylation sites (N-methyl/N-ethyl adjacent to an activating group) is 1. The van der Waals surface area contributed by atoms with Crippen molar-refractivity contribution in [3.63, 3.8) is 0 Å². The minimum atomic E-state index is -0.981. The Hall–Kier alpha value is -3.42. The number of phenolic OH excluding ortho intramolecular Hbond substituents is 1. The van der Waals surface area contributed by atoms with Gasteiger partial charge in [0.25, 0.3) is 0 Å². The Bertz CT molecular complexity index is 1080. The fourth-order valence-electron chi connectivity index (χ4n) is 4.39. The Morgan fingerprint density at radius 3 is 2.37 bits per heavy atom. The number of ether oxygens (including phenoxy) is 1. The maximum absolute atomic E-state index is 11.7. The van der Waals surface area contributed by atoms with E-state index in [9.17, 15) is 19.8 Å². The number of allylic oxidation sites excluding steroid dienone is 4. The Labute approximate surface area is 226 Å². The van der Waals surface area contributed by atoms with Crippen LogP contribution >= 0.6 is 0 Å². The summed E-state index contributed by atoms with van der Waals surface area (Å²) < 4.78 is 6.29. The number of fused-ring (bicyclic) bond motifs is 1. The lowest BCUT2D eigenvalue weighted by Crippen LogP contribution is -2.49. The Kier molecular flexibility index (Phi) is 12.2. The van der Waals surface area contributed by atoms with Gasteiger partial charge in [0.2, 0.25) is 0 Å². The van der Waals surface area contributed by atoms with Gasteiger partial charge in [-0.15, -0.1) is 0 Å². The Balaban J connectivity index is 0.000000739. The fourth-order valence-corrected chi connectivity index (χ4v) is 4.39. The van der Waals surface area contributed by atoms with Crippen molar-refractivity contribution in [3.05, 3.63) is 83.0 Å². The van der Waals surface area contributed by atoms with Crippen molar-refractivity contribution < 1.29 is 29.6 Å². The summed E-state index contributed by atoms with van der Waals surface area (Å²) in [4.78, 5) is 24.3. The third-order valence-electron chi connectivity index (χ3n) is 6.64. The SMILES string of the molecule is C/C=C\CC/C(C)=C/CCC1(C)Oc2c(c(O)cc(C=O)c2CN(C)CC(=O)O)CC1O.c1ccccc1. The monoisotopic (exact) mass is 523 g/mol. The maximum atomic E-state index is 11.7. The summed E-state index contributed by atoms with van der Waals surface area (Å²) in [5, 5.41) is 30.3. The highest BCUT2D eigenvalue weighted by Gasteiger charge is 2.42. The molecule has 7 heteroatoms. The number of phenols is 1. The van der Waals surface area contributed by atoms with Gasteiger partial charge in [-0.1, -0.05) is 60.2 Å². The van der Waals surface area contributed by atoms with E-state index in [0.717, 1.165) is 19.3 Å². The second-order valence-electron chi connectivity index (χ2n) is 9.94. The van der Waals surface area contributed by atoms with E-state index in [2.05, 4.69) is 19.1 Å². The number of rotatable bonds is 11. The Morgan fingerprint density at radius 2 is 1.82 bits per heavy atom. The molecule has 0 aromatic heterocycles. The van der Waals surface area contributed by atoms with Crippen molar-refractivity contribution in [2.45, 2.75) is 71.1 Å². The van der Waals surface area contributed by atoms with Crippen LogP contribution in [0, 0.1) is 0 Å². The largest absolute Gasteiger partial charge is 0.508 e. The topological polar surface area (TPSA) is 107 Å². The van der Waals surface area contributed by atoms with Gasteiger partial charge < -0.3 is 20.1 Å². The van der Waals surface area contributed by atoms with E-state index in [1.165, 1.54) is 11.6 Å². The average molecular weight is 524 g/mol. The molecule has 0 saturated carbocycles. The minimum Gasteiger partial charge on any atom is -0.508 e. The van der Waals surface area contributed by atoms with Crippen molar-refractivity contribution in [1.82, 2.24) is 4.90 Å². The molecule has 2 aromatic rings. The van der Waals surface area contributed by atoms with Crippen LogP contribution in [0.1, 0.15) is 67.9 Å². The lowest BCUT2D eigenvalue weighted by atomic mass is 9.84. The quantitative estimate of drug-likeness (QED) is 0.262. The molecule has 0 bridgehead atoms. The van der Waals surface area contributed by atoms with Crippen molar-refractivity contribution in [2.24, 2.45) is 0 Å². The van der Waals surface area contributed by atoms with Crippen molar-refractivity contribution in [1.29, 1.82) is 0 Å². The van der Waals surface area contributed by atoms with Crippen molar-refractivity contribution >= 4 is 12.3 Å². The molecule has 3 N–H and O–H groups in total. The standard InChI is InChI=1S/C25H35NO6.C6H6/c1-5-6-7-9-17(2)10-8-11-25(3)22(29)13-19-21(28)12-18(16-27)20(24(19)32-25)14-26(4)15-23(30)31;1-2-4-6-5-3-1/h5-6,10,12,16,22,28-29H,7-9,11,13-15H2,1-4H3,(H,30,31);1-6H/b6-5-,17-10+;. The van der Waals surface area contributed by atoms with Gasteiger partial charge in [-0.3, -0.25) is 14.5 Å². The van der Waals surface area contributed by atoms with Crippen LogP contribution in [0.4, 0.5) is 0 Å². The van der Waals surface area contributed by atoms with Gasteiger partial charge in [-0.2, -0.15) is 0 Å². The zero-order valence-corrected chi connectivity index (χ0v) is 22.9. The zero-order chi connectivity index (χ0) is 28.1. The molecular formula is C31H41NO6. The summed E-state index contributed by atoms with van der Waals surface area (Å²) in [7, 11) is 1.64. The van der Waals surface area contributed by atoms with Gasteiger partial charge in [0.05, 0.1) is 12.6 Å². The number of carboxylic acid groups (broad SMARTS) is 1. The number of benzene rings is 2. The van der Waals surface area contributed by atoms with Crippen molar-refractivity contribution in [2.75, 3.05) is 13.6 Å². The van der Waals surface area contributed by atoms with Crippen LogP contribution < -0.4 is 4.74 Å². The maximum Gasteiger partial charge on any atom is 0.317 e. The fraction of sp³-hybridized carbons (Fsp3) is 0.419. The summed E-state index contributed by atoms with van der Waals surface area (Å²) in [6, 6.07) is 13.4. The summed E-state index contributed by atoms with van der Waals surface area (Å²) in [6.07, 6.45) is 9.56. The first-order chi connectivity index (χ1) is 18.1. The van der Waals surface area contributed by atoms with E-state index in [4.69, 9.17) is 9.84 Å². The number of aliphatic carboxylic acids is 1. The van der Waals surface area contributed by atoms with E-state index >= 15 is 0 Å². The van der Waals surface area contributed by atoms with Crippen LogP contribution in [-0.4, -0.2) is 57.8 Å². The van der Waals surface area contributed by atoms with Crippen LogP contribution in [0.5, 0.6) is 11.5 Å². The van der Waals surface area contributed by atoms with Crippen LogP contribution in [0.25, 0.3) is 0 Å².